The fraction of sp³-hybridized carbons (Fsp3) is 0.353. The maximum absolute atomic E-state index is 4.68. The van der Waals surface area contributed by atoms with Crippen LogP contribution >= 0.6 is 11.3 Å². The Hall–Kier alpha value is -1.65. The summed E-state index contributed by atoms with van der Waals surface area (Å²) >= 11 is 1.78. The van der Waals surface area contributed by atoms with E-state index in [1.807, 2.05) is 6.07 Å². The molecule has 21 heavy (non-hydrogen) atoms. The van der Waals surface area contributed by atoms with Crippen LogP contribution in [0, 0.1) is 5.92 Å². The first-order chi connectivity index (χ1) is 10.2. The van der Waals surface area contributed by atoms with Crippen molar-refractivity contribution < 1.29 is 0 Å². The van der Waals surface area contributed by atoms with E-state index in [0.717, 1.165) is 30.2 Å². The predicted molar refractivity (Wildman–Crippen MR) is 89.7 cm³/mol. The lowest BCUT2D eigenvalue weighted by Gasteiger charge is -2.05. The fourth-order valence-electron chi connectivity index (χ4n) is 2.34. The number of fused-ring (bicyclic) bond motifs is 1. The van der Waals surface area contributed by atoms with Crippen molar-refractivity contribution in [2.24, 2.45) is 5.92 Å². The minimum Gasteiger partial charge on any atom is -0.347 e. The van der Waals surface area contributed by atoms with Crippen LogP contribution in [0.25, 0.3) is 10.2 Å². The number of benzene rings is 1. The molecular weight excluding hydrogens is 278 g/mol. The first kappa shape index (κ1) is 14.3. The van der Waals surface area contributed by atoms with E-state index < -0.39 is 0 Å². The summed E-state index contributed by atoms with van der Waals surface area (Å²) in [5.74, 6) is 0.690. The van der Waals surface area contributed by atoms with Crippen LogP contribution in [0.5, 0.6) is 0 Å². The maximum atomic E-state index is 4.68. The molecule has 0 amide bonds. The molecule has 0 fully saturated rings. The normalized spacial score (nSPS) is 11.6. The molecule has 2 heterocycles. The van der Waals surface area contributed by atoms with Gasteiger partial charge < -0.3 is 9.88 Å². The van der Waals surface area contributed by atoms with Gasteiger partial charge in [-0.05, 0) is 36.2 Å². The van der Waals surface area contributed by atoms with Crippen LogP contribution in [0.2, 0.25) is 0 Å². The Kier molecular flexibility index (Phi) is 4.36. The van der Waals surface area contributed by atoms with E-state index in [1.165, 1.54) is 10.3 Å². The second-order valence-electron chi connectivity index (χ2n) is 5.79. The monoisotopic (exact) mass is 299 g/mol. The van der Waals surface area contributed by atoms with Crippen LogP contribution in [0.3, 0.4) is 0 Å². The number of aromatic nitrogens is 2. The standard InChI is InChI=1S/C17H21N3S/c1-13(2)9-18-10-14-7-8-20(11-14)12-17-19-15-5-3-4-6-16(15)21-17/h3-8,11,13,18H,9-10,12H2,1-2H3. The molecule has 0 atom stereocenters. The van der Waals surface area contributed by atoms with Gasteiger partial charge in [-0.2, -0.15) is 0 Å². The van der Waals surface area contributed by atoms with Gasteiger partial charge in [0.25, 0.3) is 0 Å². The van der Waals surface area contributed by atoms with Crippen molar-refractivity contribution in [2.75, 3.05) is 6.54 Å². The van der Waals surface area contributed by atoms with Gasteiger partial charge >= 0.3 is 0 Å². The molecule has 1 aromatic carbocycles. The summed E-state index contributed by atoms with van der Waals surface area (Å²) < 4.78 is 3.47. The van der Waals surface area contributed by atoms with Gasteiger partial charge in [0.1, 0.15) is 5.01 Å². The highest BCUT2D eigenvalue weighted by molar-refractivity contribution is 7.18. The van der Waals surface area contributed by atoms with Gasteiger partial charge in [0.05, 0.1) is 16.8 Å². The minimum absolute atomic E-state index is 0.690. The molecule has 0 radical (unpaired) electrons. The molecule has 110 valence electrons. The third kappa shape index (κ3) is 3.71. The van der Waals surface area contributed by atoms with E-state index in [9.17, 15) is 0 Å². The van der Waals surface area contributed by atoms with E-state index in [-0.39, 0.29) is 0 Å². The highest BCUT2D eigenvalue weighted by atomic mass is 32.1. The largest absolute Gasteiger partial charge is 0.347 e. The van der Waals surface area contributed by atoms with E-state index in [4.69, 9.17) is 0 Å². The van der Waals surface area contributed by atoms with Crippen molar-refractivity contribution in [3.05, 3.63) is 53.3 Å². The number of hydrogen-bond acceptors (Lipinski definition) is 3. The van der Waals surface area contributed by atoms with Gasteiger partial charge in [-0.3, -0.25) is 0 Å². The van der Waals surface area contributed by atoms with Crippen LogP contribution in [-0.2, 0) is 13.1 Å². The lowest BCUT2D eigenvalue weighted by Crippen LogP contribution is -2.18. The zero-order chi connectivity index (χ0) is 14.7. The van der Waals surface area contributed by atoms with Gasteiger partial charge in [0.15, 0.2) is 0 Å². The molecule has 3 rings (SSSR count). The number of nitrogens with zero attached hydrogens (tertiary/aromatic N) is 2. The molecule has 2 aromatic heterocycles. The van der Waals surface area contributed by atoms with Crippen LogP contribution in [-0.4, -0.2) is 16.1 Å². The summed E-state index contributed by atoms with van der Waals surface area (Å²) in [4.78, 5) is 4.68. The summed E-state index contributed by atoms with van der Waals surface area (Å²) in [5, 5.41) is 4.63. The van der Waals surface area contributed by atoms with Crippen LogP contribution < -0.4 is 5.32 Å². The quantitative estimate of drug-likeness (QED) is 0.748. The van der Waals surface area contributed by atoms with E-state index in [0.29, 0.717) is 5.92 Å². The summed E-state index contributed by atoms with van der Waals surface area (Å²) in [6.07, 6.45) is 4.35. The predicted octanol–water partition coefficient (Wildman–Crippen LogP) is 3.89. The zero-order valence-corrected chi connectivity index (χ0v) is 13.4. The fourth-order valence-corrected chi connectivity index (χ4v) is 3.32. The van der Waals surface area contributed by atoms with Gasteiger partial charge in [0.2, 0.25) is 0 Å². The average Bonchev–Trinajstić information content (AvgIpc) is 3.04. The van der Waals surface area contributed by atoms with Crippen LogP contribution in [0.15, 0.2) is 42.7 Å². The lowest BCUT2D eigenvalue weighted by atomic mass is 10.2. The third-order valence-electron chi connectivity index (χ3n) is 3.35. The summed E-state index contributed by atoms with van der Waals surface area (Å²) in [6, 6.07) is 10.5. The molecule has 0 saturated heterocycles. The molecule has 0 aliphatic heterocycles. The zero-order valence-electron chi connectivity index (χ0n) is 12.5. The first-order valence-electron chi connectivity index (χ1n) is 7.40. The number of hydrogen-bond donors (Lipinski definition) is 1. The van der Waals surface area contributed by atoms with Crippen LogP contribution in [0.1, 0.15) is 24.4 Å². The maximum Gasteiger partial charge on any atom is 0.114 e. The number of thiazole rings is 1. The van der Waals surface area contributed by atoms with Gasteiger partial charge in [-0.1, -0.05) is 26.0 Å². The topological polar surface area (TPSA) is 29.9 Å². The average molecular weight is 299 g/mol. The molecule has 1 N–H and O–H groups in total. The first-order valence-corrected chi connectivity index (χ1v) is 8.22. The molecule has 4 heteroatoms. The Balaban J connectivity index is 1.63. The van der Waals surface area contributed by atoms with Crippen molar-refractivity contribution in [3.63, 3.8) is 0 Å². The lowest BCUT2D eigenvalue weighted by molar-refractivity contribution is 0.552. The smallest absolute Gasteiger partial charge is 0.114 e. The number of para-hydroxylation sites is 1. The molecule has 0 aliphatic carbocycles. The highest BCUT2D eigenvalue weighted by Crippen LogP contribution is 2.22. The molecule has 3 aromatic rings. The Bertz CT molecular complexity index is 678. The summed E-state index contributed by atoms with van der Waals surface area (Å²) in [5.41, 5.74) is 2.43. The van der Waals surface area contributed by atoms with Gasteiger partial charge in [-0.25, -0.2) is 4.98 Å². The molecular formula is C17H21N3S. The van der Waals surface area contributed by atoms with Crippen molar-refractivity contribution in [1.29, 1.82) is 0 Å². The van der Waals surface area contributed by atoms with Crippen LogP contribution in [0.4, 0.5) is 0 Å². The second-order valence-corrected chi connectivity index (χ2v) is 6.91. The number of nitrogens with one attached hydrogen (secondary N) is 1. The second kappa shape index (κ2) is 6.41. The molecule has 0 spiro atoms. The van der Waals surface area contributed by atoms with Crippen molar-refractivity contribution in [1.82, 2.24) is 14.9 Å². The van der Waals surface area contributed by atoms with E-state index in [2.05, 4.69) is 65.4 Å². The molecule has 0 saturated carbocycles. The molecule has 0 unspecified atom stereocenters. The van der Waals surface area contributed by atoms with Gasteiger partial charge in [-0.15, -0.1) is 11.3 Å². The highest BCUT2D eigenvalue weighted by Gasteiger charge is 2.04. The summed E-state index contributed by atoms with van der Waals surface area (Å²) in [7, 11) is 0. The van der Waals surface area contributed by atoms with Crippen molar-refractivity contribution >= 4 is 21.6 Å². The number of rotatable bonds is 6. The molecule has 0 aliphatic rings. The molecule has 0 bridgehead atoms. The van der Waals surface area contributed by atoms with E-state index >= 15 is 0 Å². The molecule has 3 nitrogen and oxygen atoms in total. The Morgan fingerprint density at radius 1 is 1.24 bits per heavy atom. The Morgan fingerprint density at radius 3 is 2.90 bits per heavy atom. The van der Waals surface area contributed by atoms with Gasteiger partial charge in [0, 0.05) is 18.9 Å². The van der Waals surface area contributed by atoms with E-state index in [1.54, 1.807) is 11.3 Å². The Morgan fingerprint density at radius 2 is 2.10 bits per heavy atom. The Labute approximate surface area is 129 Å². The summed E-state index contributed by atoms with van der Waals surface area (Å²) in [6.45, 7) is 7.30. The third-order valence-corrected chi connectivity index (χ3v) is 4.37. The van der Waals surface area contributed by atoms with Crippen molar-refractivity contribution in [3.8, 4) is 0 Å². The minimum atomic E-state index is 0.690. The van der Waals surface area contributed by atoms with Crippen molar-refractivity contribution in [2.45, 2.75) is 26.9 Å². The SMILES string of the molecule is CC(C)CNCc1ccn(Cc2nc3ccccc3s2)c1.